The summed E-state index contributed by atoms with van der Waals surface area (Å²) in [4.78, 5) is 14.1. The maximum Gasteiger partial charge on any atom is 0.395 e. The predicted octanol–water partition coefficient (Wildman–Crippen LogP) is 2.62. The van der Waals surface area contributed by atoms with Gasteiger partial charge in [0.15, 0.2) is 5.03 Å². The number of aryl methyl sites for hydroxylation is 1. The van der Waals surface area contributed by atoms with Gasteiger partial charge in [0.25, 0.3) is 0 Å². The van der Waals surface area contributed by atoms with E-state index in [4.69, 9.17) is 0 Å². The molecule has 0 amide bonds. The molecule has 0 unspecified atom stereocenters. The third-order valence-corrected chi connectivity index (χ3v) is 3.48. The second-order valence-corrected chi connectivity index (χ2v) is 4.48. The first-order valence-electron chi connectivity index (χ1n) is 5.01. The highest BCUT2D eigenvalue weighted by atomic mass is 32.2. The Bertz CT molecular complexity index is 525. The Hall–Kier alpha value is -1.82. The highest BCUT2D eigenvalue weighted by Gasteiger charge is 2.20. The lowest BCUT2D eigenvalue weighted by molar-refractivity contribution is -0.392. The summed E-state index contributed by atoms with van der Waals surface area (Å²) in [5.74, 6) is 0.620. The molecule has 1 aromatic carbocycles. The summed E-state index contributed by atoms with van der Waals surface area (Å²) in [6.07, 6.45) is 1.46. The topological polar surface area (TPSA) is 61.0 Å². The average Bonchev–Trinajstić information content (AvgIpc) is 2.69. The Morgan fingerprint density at radius 3 is 2.76 bits per heavy atom. The standard InChI is InChI=1S/C11H11N3O2S/c1-13-8-12-10(14(15)16)11(13)17-7-9-5-3-2-4-6-9/h2-6,8H,7H2,1H3. The van der Waals surface area contributed by atoms with Crippen LogP contribution in [0, 0.1) is 10.1 Å². The van der Waals surface area contributed by atoms with Gasteiger partial charge in [0.05, 0.1) is 0 Å². The summed E-state index contributed by atoms with van der Waals surface area (Å²) < 4.78 is 1.67. The number of rotatable bonds is 4. The first-order chi connectivity index (χ1) is 8.18. The molecule has 0 N–H and O–H groups in total. The van der Waals surface area contributed by atoms with Gasteiger partial charge in [-0.25, -0.2) is 0 Å². The minimum absolute atomic E-state index is 0.0755. The first-order valence-corrected chi connectivity index (χ1v) is 5.99. The van der Waals surface area contributed by atoms with E-state index in [2.05, 4.69) is 4.98 Å². The molecule has 0 fully saturated rings. The number of thioether (sulfide) groups is 1. The normalized spacial score (nSPS) is 10.4. The van der Waals surface area contributed by atoms with E-state index in [0.717, 1.165) is 5.56 Å². The van der Waals surface area contributed by atoms with Gasteiger partial charge in [-0.3, -0.25) is 0 Å². The zero-order valence-corrected chi connectivity index (χ0v) is 10.1. The van der Waals surface area contributed by atoms with Crippen LogP contribution in [0.4, 0.5) is 5.82 Å². The molecule has 0 saturated carbocycles. The summed E-state index contributed by atoms with van der Waals surface area (Å²) in [5, 5.41) is 11.3. The molecule has 0 aliphatic carbocycles. The maximum atomic E-state index is 10.8. The van der Waals surface area contributed by atoms with E-state index in [1.807, 2.05) is 30.3 Å². The predicted molar refractivity (Wildman–Crippen MR) is 65.9 cm³/mol. The Balaban J connectivity index is 2.14. The molecule has 0 atom stereocenters. The Labute approximate surface area is 103 Å². The molecular formula is C11H11N3O2S. The number of nitrogens with zero attached hydrogens (tertiary/aromatic N) is 3. The minimum Gasteiger partial charge on any atom is -0.358 e. The van der Waals surface area contributed by atoms with Gasteiger partial charge >= 0.3 is 5.82 Å². The summed E-state index contributed by atoms with van der Waals surface area (Å²) in [6, 6.07) is 9.84. The van der Waals surface area contributed by atoms with E-state index >= 15 is 0 Å². The molecule has 5 nitrogen and oxygen atoms in total. The van der Waals surface area contributed by atoms with Crippen molar-refractivity contribution in [1.29, 1.82) is 0 Å². The molecular weight excluding hydrogens is 238 g/mol. The SMILES string of the molecule is Cn1cnc([N+](=O)[O-])c1SCc1ccccc1. The second-order valence-electron chi connectivity index (χ2n) is 3.52. The van der Waals surface area contributed by atoms with Crippen LogP contribution in [-0.2, 0) is 12.8 Å². The van der Waals surface area contributed by atoms with Crippen LogP contribution in [0.15, 0.2) is 41.7 Å². The van der Waals surface area contributed by atoms with Crippen LogP contribution in [0.1, 0.15) is 5.56 Å². The first kappa shape index (κ1) is 11.7. The number of hydrogen-bond acceptors (Lipinski definition) is 4. The lowest BCUT2D eigenvalue weighted by Gasteiger charge is -2.02. The Morgan fingerprint density at radius 2 is 2.12 bits per heavy atom. The fourth-order valence-corrected chi connectivity index (χ4v) is 2.43. The van der Waals surface area contributed by atoms with Crippen LogP contribution < -0.4 is 0 Å². The molecule has 0 aliphatic rings. The molecule has 2 aromatic rings. The smallest absolute Gasteiger partial charge is 0.358 e. The van der Waals surface area contributed by atoms with Gasteiger partial charge in [0.2, 0.25) is 6.33 Å². The maximum absolute atomic E-state index is 10.8. The van der Waals surface area contributed by atoms with Crippen molar-refractivity contribution in [3.8, 4) is 0 Å². The van der Waals surface area contributed by atoms with E-state index in [-0.39, 0.29) is 5.82 Å². The fraction of sp³-hybridized carbons (Fsp3) is 0.182. The van der Waals surface area contributed by atoms with Crippen LogP contribution >= 0.6 is 11.8 Å². The van der Waals surface area contributed by atoms with Gasteiger partial charge in [-0.05, 0) is 15.5 Å². The Kier molecular flexibility index (Phi) is 3.43. The zero-order valence-electron chi connectivity index (χ0n) is 9.24. The summed E-state index contributed by atoms with van der Waals surface area (Å²) in [6.45, 7) is 0. The van der Waals surface area contributed by atoms with Crippen molar-refractivity contribution in [3.63, 3.8) is 0 Å². The number of aromatic nitrogens is 2. The molecule has 88 valence electrons. The van der Waals surface area contributed by atoms with Gasteiger partial charge in [0, 0.05) is 12.8 Å². The molecule has 0 saturated heterocycles. The van der Waals surface area contributed by atoms with Crippen molar-refractivity contribution in [2.24, 2.45) is 7.05 Å². The summed E-state index contributed by atoms with van der Waals surface area (Å²) in [7, 11) is 1.76. The van der Waals surface area contributed by atoms with Crippen molar-refractivity contribution < 1.29 is 4.92 Å². The van der Waals surface area contributed by atoms with Crippen LogP contribution in [0.2, 0.25) is 0 Å². The Morgan fingerprint density at radius 1 is 1.41 bits per heavy atom. The van der Waals surface area contributed by atoms with E-state index in [0.29, 0.717) is 10.8 Å². The van der Waals surface area contributed by atoms with E-state index in [9.17, 15) is 10.1 Å². The molecule has 0 bridgehead atoms. The molecule has 1 heterocycles. The summed E-state index contributed by atoms with van der Waals surface area (Å²) >= 11 is 1.42. The van der Waals surface area contributed by atoms with Gasteiger partial charge in [0.1, 0.15) is 0 Å². The van der Waals surface area contributed by atoms with Crippen molar-refractivity contribution in [2.75, 3.05) is 0 Å². The minimum atomic E-state index is -0.451. The van der Waals surface area contributed by atoms with E-state index in [1.165, 1.54) is 18.1 Å². The number of imidazole rings is 1. The van der Waals surface area contributed by atoms with Crippen molar-refractivity contribution in [1.82, 2.24) is 9.55 Å². The number of nitro groups is 1. The van der Waals surface area contributed by atoms with Gasteiger partial charge in [-0.1, -0.05) is 42.1 Å². The van der Waals surface area contributed by atoms with Gasteiger partial charge < -0.3 is 14.7 Å². The average molecular weight is 249 g/mol. The van der Waals surface area contributed by atoms with E-state index in [1.54, 1.807) is 11.6 Å². The third-order valence-electron chi connectivity index (χ3n) is 2.26. The number of benzene rings is 1. The van der Waals surface area contributed by atoms with Gasteiger partial charge in [-0.2, -0.15) is 0 Å². The lowest BCUT2D eigenvalue weighted by atomic mass is 10.2. The molecule has 0 aliphatic heterocycles. The van der Waals surface area contributed by atoms with Crippen LogP contribution in [-0.4, -0.2) is 14.5 Å². The van der Waals surface area contributed by atoms with Gasteiger partial charge in [-0.15, -0.1) is 0 Å². The van der Waals surface area contributed by atoms with Crippen molar-refractivity contribution in [3.05, 3.63) is 52.3 Å². The summed E-state index contributed by atoms with van der Waals surface area (Å²) in [5.41, 5.74) is 1.13. The lowest BCUT2D eigenvalue weighted by Crippen LogP contribution is -1.94. The van der Waals surface area contributed by atoms with Crippen LogP contribution in [0.25, 0.3) is 0 Å². The van der Waals surface area contributed by atoms with Crippen LogP contribution in [0.3, 0.4) is 0 Å². The number of hydrogen-bond donors (Lipinski definition) is 0. The second kappa shape index (κ2) is 5.01. The monoisotopic (exact) mass is 249 g/mol. The molecule has 1 aromatic heterocycles. The highest BCUT2D eigenvalue weighted by Crippen LogP contribution is 2.29. The van der Waals surface area contributed by atoms with Crippen molar-refractivity contribution >= 4 is 17.6 Å². The third kappa shape index (κ3) is 2.65. The van der Waals surface area contributed by atoms with Crippen molar-refractivity contribution in [2.45, 2.75) is 10.8 Å². The zero-order chi connectivity index (χ0) is 12.3. The molecule has 0 radical (unpaired) electrons. The molecule has 17 heavy (non-hydrogen) atoms. The highest BCUT2D eigenvalue weighted by molar-refractivity contribution is 7.98. The van der Waals surface area contributed by atoms with E-state index < -0.39 is 4.92 Å². The van der Waals surface area contributed by atoms with Crippen LogP contribution in [0.5, 0.6) is 0 Å². The fourth-order valence-electron chi connectivity index (χ4n) is 1.42. The quantitative estimate of drug-likeness (QED) is 0.474. The molecule has 6 heteroatoms. The molecule has 0 spiro atoms. The largest absolute Gasteiger partial charge is 0.395 e. The molecule has 2 rings (SSSR count).